The molecule has 0 amide bonds. The Labute approximate surface area is 136 Å². The van der Waals surface area contributed by atoms with E-state index in [2.05, 4.69) is 60.6 Å². The summed E-state index contributed by atoms with van der Waals surface area (Å²) in [6.45, 7) is 1.31. The van der Waals surface area contributed by atoms with Gasteiger partial charge in [-0.25, -0.2) is 0 Å². The van der Waals surface area contributed by atoms with E-state index >= 15 is 0 Å². The van der Waals surface area contributed by atoms with E-state index in [1.165, 1.54) is 11.1 Å². The van der Waals surface area contributed by atoms with E-state index in [9.17, 15) is 0 Å². The smallest absolute Gasteiger partial charge is 0.150 e. The van der Waals surface area contributed by atoms with Gasteiger partial charge in [-0.05, 0) is 36.9 Å². The molecule has 0 spiro atoms. The van der Waals surface area contributed by atoms with E-state index in [0.717, 1.165) is 23.4 Å². The third kappa shape index (κ3) is 3.67. The summed E-state index contributed by atoms with van der Waals surface area (Å²) < 4.78 is 5.19. The molecule has 1 heterocycles. The topological polar surface area (TPSA) is 55.3 Å². The number of hydrogen-bond acceptors (Lipinski definition) is 4. The summed E-state index contributed by atoms with van der Waals surface area (Å²) in [6, 6.07) is 18.8. The van der Waals surface area contributed by atoms with Crippen molar-refractivity contribution in [1.29, 1.82) is 0 Å². The molecule has 2 aromatic carbocycles. The van der Waals surface area contributed by atoms with Gasteiger partial charge in [-0.1, -0.05) is 47.6 Å². The highest BCUT2D eigenvalue weighted by Crippen LogP contribution is 2.26. The summed E-state index contributed by atoms with van der Waals surface area (Å²) in [5, 5.41) is 4.08. The van der Waals surface area contributed by atoms with Gasteiger partial charge in [0.2, 0.25) is 0 Å². The van der Waals surface area contributed by atoms with Crippen molar-refractivity contribution in [2.45, 2.75) is 13.1 Å². The van der Waals surface area contributed by atoms with Crippen molar-refractivity contribution in [3.63, 3.8) is 0 Å². The molecule has 118 valence electrons. The molecule has 23 heavy (non-hydrogen) atoms. The molecule has 0 saturated carbocycles. The minimum absolute atomic E-state index is 0.361. The summed E-state index contributed by atoms with van der Waals surface area (Å²) in [4.78, 5) is 2.16. The highest BCUT2D eigenvalue weighted by molar-refractivity contribution is 5.71. The van der Waals surface area contributed by atoms with Crippen molar-refractivity contribution in [2.24, 2.45) is 5.73 Å². The Bertz CT molecular complexity index is 775. The lowest BCUT2D eigenvalue weighted by molar-refractivity contribution is 0.387. The SMILES string of the molecule is CN(C)Cc1ccc(-c2cccc(-c3cc(CN)on3)c2)cc1. The Hall–Kier alpha value is -2.43. The maximum atomic E-state index is 5.57. The molecule has 0 radical (unpaired) electrons. The Balaban J connectivity index is 1.87. The fourth-order valence-corrected chi connectivity index (χ4v) is 2.57. The fourth-order valence-electron chi connectivity index (χ4n) is 2.57. The number of rotatable bonds is 5. The molecular weight excluding hydrogens is 286 g/mol. The Morgan fingerprint density at radius 1 is 0.957 bits per heavy atom. The third-order valence-electron chi connectivity index (χ3n) is 3.70. The first-order valence-corrected chi connectivity index (χ1v) is 7.66. The van der Waals surface area contributed by atoms with E-state index in [1.54, 1.807) is 0 Å². The Kier molecular flexibility index (Phi) is 4.55. The Morgan fingerprint density at radius 2 is 1.70 bits per heavy atom. The molecule has 3 rings (SSSR count). The van der Waals surface area contributed by atoms with Gasteiger partial charge in [-0.2, -0.15) is 0 Å². The second-order valence-corrected chi connectivity index (χ2v) is 5.90. The first kappa shape index (κ1) is 15.5. The average Bonchev–Trinajstić information content (AvgIpc) is 3.04. The molecule has 1 aromatic heterocycles. The zero-order chi connectivity index (χ0) is 16.2. The van der Waals surface area contributed by atoms with Gasteiger partial charge in [0, 0.05) is 18.2 Å². The largest absolute Gasteiger partial charge is 0.359 e. The van der Waals surface area contributed by atoms with Crippen molar-refractivity contribution in [3.8, 4) is 22.4 Å². The first-order chi connectivity index (χ1) is 11.2. The van der Waals surface area contributed by atoms with E-state index in [1.807, 2.05) is 18.2 Å². The van der Waals surface area contributed by atoms with Gasteiger partial charge in [0.05, 0.1) is 6.54 Å². The molecule has 4 nitrogen and oxygen atoms in total. The van der Waals surface area contributed by atoms with Crippen LogP contribution in [-0.4, -0.2) is 24.2 Å². The van der Waals surface area contributed by atoms with Crippen LogP contribution in [0.15, 0.2) is 59.1 Å². The van der Waals surface area contributed by atoms with Gasteiger partial charge in [0.15, 0.2) is 5.76 Å². The predicted molar refractivity (Wildman–Crippen MR) is 92.7 cm³/mol. The third-order valence-corrected chi connectivity index (χ3v) is 3.70. The second kappa shape index (κ2) is 6.77. The molecule has 4 heteroatoms. The van der Waals surface area contributed by atoms with Crippen molar-refractivity contribution < 1.29 is 4.52 Å². The zero-order valence-corrected chi connectivity index (χ0v) is 13.5. The van der Waals surface area contributed by atoms with Crippen molar-refractivity contribution >= 4 is 0 Å². The maximum Gasteiger partial charge on any atom is 0.150 e. The average molecular weight is 307 g/mol. The van der Waals surface area contributed by atoms with Crippen LogP contribution in [0.1, 0.15) is 11.3 Å². The van der Waals surface area contributed by atoms with Crippen molar-refractivity contribution in [3.05, 3.63) is 65.9 Å². The molecule has 0 saturated heterocycles. The van der Waals surface area contributed by atoms with Crippen LogP contribution in [0.4, 0.5) is 0 Å². The molecule has 0 aliphatic carbocycles. The monoisotopic (exact) mass is 307 g/mol. The lowest BCUT2D eigenvalue weighted by Gasteiger charge is -2.10. The number of nitrogens with zero attached hydrogens (tertiary/aromatic N) is 2. The predicted octanol–water partition coefficient (Wildman–Crippen LogP) is 3.53. The molecule has 3 aromatic rings. The van der Waals surface area contributed by atoms with Crippen LogP contribution in [0.2, 0.25) is 0 Å². The lowest BCUT2D eigenvalue weighted by Crippen LogP contribution is -2.10. The highest BCUT2D eigenvalue weighted by atomic mass is 16.5. The molecule has 0 bridgehead atoms. The molecular formula is C19H21N3O. The van der Waals surface area contributed by atoms with Crippen LogP contribution in [0.5, 0.6) is 0 Å². The van der Waals surface area contributed by atoms with E-state index in [4.69, 9.17) is 10.3 Å². The van der Waals surface area contributed by atoms with E-state index < -0.39 is 0 Å². The minimum Gasteiger partial charge on any atom is -0.359 e. The van der Waals surface area contributed by atoms with Gasteiger partial charge in [0.1, 0.15) is 5.69 Å². The van der Waals surface area contributed by atoms with Gasteiger partial charge in [0.25, 0.3) is 0 Å². The van der Waals surface area contributed by atoms with Crippen LogP contribution in [0.3, 0.4) is 0 Å². The summed E-state index contributed by atoms with van der Waals surface area (Å²) in [5.41, 5.74) is 11.1. The second-order valence-electron chi connectivity index (χ2n) is 5.90. The molecule has 0 aliphatic heterocycles. The van der Waals surface area contributed by atoms with Crippen molar-refractivity contribution in [1.82, 2.24) is 10.1 Å². The first-order valence-electron chi connectivity index (χ1n) is 7.66. The molecule has 0 fully saturated rings. The zero-order valence-electron chi connectivity index (χ0n) is 13.5. The Morgan fingerprint density at radius 3 is 2.35 bits per heavy atom. The maximum absolute atomic E-state index is 5.57. The lowest BCUT2D eigenvalue weighted by atomic mass is 10.0. The molecule has 0 unspecified atom stereocenters. The summed E-state index contributed by atoms with van der Waals surface area (Å²) >= 11 is 0. The standard InChI is InChI=1S/C19H21N3O/c1-22(2)13-14-6-8-15(9-7-14)16-4-3-5-17(10-16)19-11-18(12-20)23-21-19/h3-11H,12-13,20H2,1-2H3. The van der Waals surface area contributed by atoms with Crippen LogP contribution < -0.4 is 5.73 Å². The quantitative estimate of drug-likeness (QED) is 0.783. The fraction of sp³-hybridized carbons (Fsp3) is 0.211. The summed E-state index contributed by atoms with van der Waals surface area (Å²) in [6.07, 6.45) is 0. The van der Waals surface area contributed by atoms with Crippen LogP contribution in [0.25, 0.3) is 22.4 Å². The van der Waals surface area contributed by atoms with Crippen LogP contribution in [0, 0.1) is 0 Å². The van der Waals surface area contributed by atoms with E-state index in [0.29, 0.717) is 12.3 Å². The highest BCUT2D eigenvalue weighted by Gasteiger charge is 2.07. The van der Waals surface area contributed by atoms with Gasteiger partial charge < -0.3 is 15.2 Å². The molecule has 0 atom stereocenters. The van der Waals surface area contributed by atoms with Gasteiger partial charge in [-0.3, -0.25) is 0 Å². The number of aromatic nitrogens is 1. The minimum atomic E-state index is 0.361. The van der Waals surface area contributed by atoms with Crippen LogP contribution in [-0.2, 0) is 13.1 Å². The normalized spacial score (nSPS) is 11.1. The van der Waals surface area contributed by atoms with Gasteiger partial charge >= 0.3 is 0 Å². The number of nitrogens with two attached hydrogens (primary N) is 1. The van der Waals surface area contributed by atoms with Crippen LogP contribution >= 0.6 is 0 Å². The molecule has 2 N–H and O–H groups in total. The number of hydrogen-bond donors (Lipinski definition) is 1. The summed E-state index contributed by atoms with van der Waals surface area (Å²) in [5.74, 6) is 0.693. The van der Waals surface area contributed by atoms with E-state index in [-0.39, 0.29) is 0 Å². The number of benzene rings is 2. The van der Waals surface area contributed by atoms with Gasteiger partial charge in [-0.15, -0.1) is 0 Å². The summed E-state index contributed by atoms with van der Waals surface area (Å²) in [7, 11) is 4.15. The van der Waals surface area contributed by atoms with Crippen molar-refractivity contribution in [2.75, 3.05) is 14.1 Å². The molecule has 0 aliphatic rings.